The second-order valence-corrected chi connectivity index (χ2v) is 18.0. The Hall–Kier alpha value is -6.58. The molecule has 352 valence electrons. The summed E-state index contributed by atoms with van der Waals surface area (Å²) in [7, 11) is 0. The first kappa shape index (κ1) is 50.4. The third kappa shape index (κ3) is 15.0. The van der Waals surface area contributed by atoms with Gasteiger partial charge in [-0.3, -0.25) is 28.8 Å². The van der Waals surface area contributed by atoms with Crippen molar-refractivity contribution in [1.82, 2.24) is 31.6 Å². The van der Waals surface area contributed by atoms with Gasteiger partial charge in [-0.15, -0.1) is 0 Å². The number of aromatic amines is 1. The Labute approximate surface area is 387 Å². The van der Waals surface area contributed by atoms with Gasteiger partial charge in [0.25, 0.3) is 0 Å². The standard InChI is InChI=1S/C51H67N9O6/c1-31(2)24-41(46(54)61)56-48(63)42(25-32(3)4)58-51(66)45(29-37-30-55-40-20-11-10-18-38(37)40)60-49(64)43(27-33-14-6-5-7-15-33)59-50(65)44(57-47(62)39(53)19-12-13-23-52)28-34-21-22-35-16-8-9-17-36(35)26-34/h5-11,14-18,20-22,26,30-32,39,41-45,55H,12-13,19,23-25,27-29,52-53H2,1-4H3,(H2,54,61)(H,56,63)(H,57,62)(H,58,66)(H,59,65)(H,60,64)/t39-,41-,42-,43-,44+,45+/m0/s1. The van der Waals surface area contributed by atoms with E-state index in [9.17, 15) is 28.8 Å². The zero-order chi connectivity index (χ0) is 47.8. The molecule has 0 unspecified atom stereocenters. The van der Waals surface area contributed by atoms with Gasteiger partial charge in [-0.05, 0) is 77.6 Å². The summed E-state index contributed by atoms with van der Waals surface area (Å²) >= 11 is 0. The van der Waals surface area contributed by atoms with E-state index in [2.05, 4.69) is 31.6 Å². The molecule has 0 fully saturated rings. The average Bonchev–Trinajstić information content (AvgIpc) is 3.70. The summed E-state index contributed by atoms with van der Waals surface area (Å²) in [5.74, 6) is -3.72. The number of aromatic nitrogens is 1. The number of carbonyl (C=O) groups excluding carboxylic acids is 6. The average molecular weight is 902 g/mol. The van der Waals surface area contributed by atoms with Crippen LogP contribution in [0.25, 0.3) is 21.7 Å². The number of para-hydroxylation sites is 1. The molecule has 1 aromatic heterocycles. The lowest BCUT2D eigenvalue weighted by molar-refractivity contribution is -0.135. The molecule has 0 saturated carbocycles. The first-order valence-corrected chi connectivity index (χ1v) is 22.9. The summed E-state index contributed by atoms with van der Waals surface area (Å²) in [6.07, 6.45) is 4.15. The number of H-pyrrole nitrogens is 1. The molecule has 1 heterocycles. The lowest BCUT2D eigenvalue weighted by Gasteiger charge is -2.28. The van der Waals surface area contributed by atoms with Crippen molar-refractivity contribution in [3.63, 3.8) is 0 Å². The number of hydrogen-bond acceptors (Lipinski definition) is 8. The molecule has 0 spiro atoms. The fourth-order valence-electron chi connectivity index (χ4n) is 8.03. The van der Waals surface area contributed by atoms with Gasteiger partial charge in [0.05, 0.1) is 6.04 Å². The first-order valence-electron chi connectivity index (χ1n) is 22.9. The Morgan fingerprint density at radius 3 is 1.70 bits per heavy atom. The largest absolute Gasteiger partial charge is 0.368 e. The molecule has 6 amide bonds. The van der Waals surface area contributed by atoms with E-state index in [1.54, 1.807) is 6.20 Å². The van der Waals surface area contributed by atoms with Gasteiger partial charge < -0.3 is 48.8 Å². The maximum absolute atomic E-state index is 14.8. The van der Waals surface area contributed by atoms with Gasteiger partial charge in [-0.25, -0.2) is 0 Å². The summed E-state index contributed by atoms with van der Waals surface area (Å²) in [6, 6.07) is 23.7. The Bertz CT molecular complexity index is 2420. The molecule has 0 aliphatic heterocycles. The number of hydrogen-bond donors (Lipinski definition) is 9. The van der Waals surface area contributed by atoms with Gasteiger partial charge in [0.15, 0.2) is 0 Å². The summed E-state index contributed by atoms with van der Waals surface area (Å²) in [4.78, 5) is 86.8. The van der Waals surface area contributed by atoms with E-state index < -0.39 is 71.7 Å². The molecule has 15 nitrogen and oxygen atoms in total. The summed E-state index contributed by atoms with van der Waals surface area (Å²) in [6.45, 7) is 8.08. The molecular weight excluding hydrogens is 835 g/mol. The number of unbranched alkanes of at least 4 members (excludes halogenated alkanes) is 1. The number of fused-ring (bicyclic) bond motifs is 2. The van der Waals surface area contributed by atoms with Crippen LogP contribution in [0.3, 0.4) is 0 Å². The van der Waals surface area contributed by atoms with Crippen molar-refractivity contribution in [3.8, 4) is 0 Å². The van der Waals surface area contributed by atoms with Crippen LogP contribution in [0.2, 0.25) is 0 Å². The van der Waals surface area contributed by atoms with Crippen molar-refractivity contribution in [2.24, 2.45) is 29.0 Å². The summed E-state index contributed by atoms with van der Waals surface area (Å²) in [5.41, 5.74) is 20.7. The highest BCUT2D eigenvalue weighted by Crippen LogP contribution is 2.21. The lowest BCUT2D eigenvalue weighted by Crippen LogP contribution is -2.60. The highest BCUT2D eigenvalue weighted by Gasteiger charge is 2.34. The SMILES string of the molecule is CC(C)C[C@H](NC(=O)[C@H](CC(C)C)NC(=O)[C@@H](Cc1c[nH]c2ccccc12)NC(=O)[C@H](Cc1ccccc1)NC(=O)[C@@H](Cc1ccc2ccccc2c1)NC(=O)[C@@H](N)CCCCN)C(N)=O. The highest BCUT2D eigenvalue weighted by atomic mass is 16.2. The van der Waals surface area contributed by atoms with Crippen molar-refractivity contribution in [3.05, 3.63) is 120 Å². The van der Waals surface area contributed by atoms with Crippen LogP contribution in [-0.4, -0.2) is 83.2 Å². The number of rotatable bonds is 25. The van der Waals surface area contributed by atoms with E-state index in [1.807, 2.05) is 125 Å². The van der Waals surface area contributed by atoms with E-state index in [1.165, 1.54) is 0 Å². The van der Waals surface area contributed by atoms with Gasteiger partial charge in [0, 0.05) is 36.4 Å². The zero-order valence-corrected chi connectivity index (χ0v) is 38.5. The first-order chi connectivity index (χ1) is 31.6. The van der Waals surface area contributed by atoms with Crippen molar-refractivity contribution in [1.29, 1.82) is 0 Å². The van der Waals surface area contributed by atoms with Gasteiger partial charge in [0.2, 0.25) is 35.4 Å². The minimum atomic E-state index is -1.24. The Balaban J connectivity index is 1.46. The maximum Gasteiger partial charge on any atom is 0.243 e. The van der Waals surface area contributed by atoms with Crippen molar-refractivity contribution in [2.75, 3.05) is 6.54 Å². The van der Waals surface area contributed by atoms with Gasteiger partial charge >= 0.3 is 0 Å². The molecular formula is C51H67N9O6. The number of nitrogens with one attached hydrogen (secondary N) is 6. The van der Waals surface area contributed by atoms with Crippen LogP contribution in [0.4, 0.5) is 0 Å². The molecule has 0 saturated heterocycles. The van der Waals surface area contributed by atoms with E-state index >= 15 is 0 Å². The normalized spacial score (nSPS) is 14.2. The Kier molecular flexibility index (Phi) is 18.8. The molecule has 0 radical (unpaired) electrons. The van der Waals surface area contributed by atoms with Crippen LogP contribution < -0.4 is 43.8 Å². The second-order valence-electron chi connectivity index (χ2n) is 18.0. The van der Waals surface area contributed by atoms with E-state index in [-0.39, 0.29) is 37.5 Å². The smallest absolute Gasteiger partial charge is 0.243 e. The van der Waals surface area contributed by atoms with E-state index in [4.69, 9.17) is 17.2 Å². The van der Waals surface area contributed by atoms with Crippen LogP contribution in [0, 0.1) is 11.8 Å². The molecule has 12 N–H and O–H groups in total. The quantitative estimate of drug-likeness (QED) is 0.0389. The predicted octanol–water partition coefficient (Wildman–Crippen LogP) is 3.81. The van der Waals surface area contributed by atoms with Crippen molar-refractivity contribution < 1.29 is 28.8 Å². The van der Waals surface area contributed by atoms with E-state index in [0.717, 1.165) is 38.4 Å². The second kappa shape index (κ2) is 24.6. The number of nitrogens with two attached hydrogens (primary N) is 3. The molecule has 4 aromatic carbocycles. The van der Waals surface area contributed by atoms with Crippen LogP contribution >= 0.6 is 0 Å². The fraction of sp³-hybridized carbons (Fsp3) is 0.412. The van der Waals surface area contributed by atoms with Crippen LogP contribution in [0.15, 0.2) is 103 Å². The Morgan fingerprint density at radius 2 is 1.06 bits per heavy atom. The molecule has 15 heteroatoms. The van der Waals surface area contributed by atoms with Gasteiger partial charge in [-0.2, -0.15) is 0 Å². The predicted molar refractivity (Wildman–Crippen MR) is 258 cm³/mol. The zero-order valence-electron chi connectivity index (χ0n) is 38.5. The number of carbonyl (C=O) groups is 6. The molecule has 5 rings (SSSR count). The highest BCUT2D eigenvalue weighted by molar-refractivity contribution is 5.97. The molecule has 0 aliphatic rings. The Morgan fingerprint density at radius 1 is 0.545 bits per heavy atom. The molecule has 6 atom stereocenters. The topological polar surface area (TPSA) is 256 Å². The molecule has 5 aromatic rings. The maximum atomic E-state index is 14.8. The minimum absolute atomic E-state index is 0.0174. The minimum Gasteiger partial charge on any atom is -0.368 e. The fourth-order valence-corrected chi connectivity index (χ4v) is 8.03. The third-order valence-electron chi connectivity index (χ3n) is 11.5. The molecule has 0 aliphatic carbocycles. The van der Waals surface area contributed by atoms with Crippen LogP contribution in [0.5, 0.6) is 0 Å². The summed E-state index contributed by atoms with van der Waals surface area (Å²) in [5, 5.41) is 17.1. The monoisotopic (exact) mass is 902 g/mol. The number of amides is 6. The van der Waals surface area contributed by atoms with Gasteiger partial charge in [-0.1, -0.05) is 125 Å². The van der Waals surface area contributed by atoms with Gasteiger partial charge in [0.1, 0.15) is 30.2 Å². The van der Waals surface area contributed by atoms with Crippen molar-refractivity contribution in [2.45, 2.75) is 115 Å². The van der Waals surface area contributed by atoms with E-state index in [0.29, 0.717) is 32.2 Å². The molecule has 66 heavy (non-hydrogen) atoms. The third-order valence-corrected chi connectivity index (χ3v) is 11.5. The molecule has 0 bridgehead atoms. The number of benzene rings is 4. The van der Waals surface area contributed by atoms with Crippen LogP contribution in [-0.2, 0) is 48.0 Å². The van der Waals surface area contributed by atoms with Crippen LogP contribution in [0.1, 0.15) is 76.5 Å². The lowest BCUT2D eigenvalue weighted by atomic mass is 9.98. The number of primary amides is 1. The summed E-state index contributed by atoms with van der Waals surface area (Å²) < 4.78 is 0. The van der Waals surface area contributed by atoms with Crippen molar-refractivity contribution >= 4 is 57.1 Å².